The average molecular weight is 219 g/mol. The number of hydrogen-bond donors (Lipinski definition) is 0. The van der Waals surface area contributed by atoms with Gasteiger partial charge in [0, 0.05) is 11.3 Å². The molecule has 0 spiro atoms. The SMILES string of the molecule is CCCC(Cl)C1CC(C)(C)OC1(C)C. The first kappa shape index (κ1) is 12.3. The van der Waals surface area contributed by atoms with Crippen LogP contribution in [0.25, 0.3) is 0 Å². The van der Waals surface area contributed by atoms with Crippen molar-refractivity contribution in [3.05, 3.63) is 0 Å². The molecule has 1 heterocycles. The highest BCUT2D eigenvalue weighted by molar-refractivity contribution is 6.20. The van der Waals surface area contributed by atoms with Crippen molar-refractivity contribution in [2.45, 2.75) is 70.5 Å². The van der Waals surface area contributed by atoms with E-state index in [0.717, 1.165) is 19.3 Å². The zero-order valence-corrected chi connectivity index (χ0v) is 10.8. The molecule has 0 aromatic heterocycles. The van der Waals surface area contributed by atoms with Crippen LogP contribution in [0.5, 0.6) is 0 Å². The third-order valence-corrected chi connectivity index (χ3v) is 3.67. The van der Waals surface area contributed by atoms with E-state index in [1.807, 2.05) is 0 Å². The molecule has 1 rings (SSSR count). The molecule has 0 amide bonds. The van der Waals surface area contributed by atoms with E-state index in [4.69, 9.17) is 16.3 Å². The van der Waals surface area contributed by atoms with Gasteiger partial charge in [-0.05, 0) is 40.5 Å². The lowest BCUT2D eigenvalue weighted by Crippen LogP contribution is -2.34. The fraction of sp³-hybridized carbons (Fsp3) is 1.00. The van der Waals surface area contributed by atoms with Crippen molar-refractivity contribution in [3.8, 4) is 0 Å². The smallest absolute Gasteiger partial charge is 0.0676 e. The predicted molar refractivity (Wildman–Crippen MR) is 61.9 cm³/mol. The van der Waals surface area contributed by atoms with Gasteiger partial charge in [-0.3, -0.25) is 0 Å². The maximum atomic E-state index is 6.42. The maximum absolute atomic E-state index is 6.42. The Morgan fingerprint density at radius 2 is 1.93 bits per heavy atom. The Morgan fingerprint density at radius 3 is 2.29 bits per heavy atom. The summed E-state index contributed by atoms with van der Waals surface area (Å²) in [6.45, 7) is 10.8. The van der Waals surface area contributed by atoms with Crippen molar-refractivity contribution < 1.29 is 4.74 Å². The van der Waals surface area contributed by atoms with Crippen molar-refractivity contribution in [3.63, 3.8) is 0 Å². The van der Waals surface area contributed by atoms with E-state index < -0.39 is 0 Å². The van der Waals surface area contributed by atoms with E-state index in [2.05, 4.69) is 34.6 Å². The van der Waals surface area contributed by atoms with Gasteiger partial charge in [0.15, 0.2) is 0 Å². The minimum atomic E-state index is -0.0644. The van der Waals surface area contributed by atoms with E-state index in [0.29, 0.717) is 5.92 Å². The molecule has 14 heavy (non-hydrogen) atoms. The Balaban J connectivity index is 2.69. The van der Waals surface area contributed by atoms with Gasteiger partial charge in [-0.15, -0.1) is 11.6 Å². The zero-order chi connectivity index (χ0) is 11.0. The highest BCUT2D eigenvalue weighted by atomic mass is 35.5. The summed E-state index contributed by atoms with van der Waals surface area (Å²) < 4.78 is 6.03. The van der Waals surface area contributed by atoms with Crippen LogP contribution in [-0.2, 0) is 4.74 Å². The van der Waals surface area contributed by atoms with E-state index in [1.54, 1.807) is 0 Å². The average Bonchev–Trinajstić information content (AvgIpc) is 2.19. The van der Waals surface area contributed by atoms with Crippen molar-refractivity contribution in [2.75, 3.05) is 0 Å². The van der Waals surface area contributed by atoms with Gasteiger partial charge in [-0.25, -0.2) is 0 Å². The summed E-state index contributed by atoms with van der Waals surface area (Å²) in [6, 6.07) is 0. The Bertz CT molecular complexity index is 198. The Morgan fingerprint density at radius 1 is 1.36 bits per heavy atom. The van der Waals surface area contributed by atoms with Crippen LogP contribution in [0, 0.1) is 5.92 Å². The summed E-state index contributed by atoms with van der Waals surface area (Å²) in [5, 5.41) is 0.261. The van der Waals surface area contributed by atoms with Gasteiger partial charge in [0.1, 0.15) is 0 Å². The quantitative estimate of drug-likeness (QED) is 0.651. The Kier molecular flexibility index (Phi) is 3.53. The summed E-state index contributed by atoms with van der Waals surface area (Å²) >= 11 is 6.42. The number of ether oxygens (including phenoxy) is 1. The molecule has 1 aliphatic heterocycles. The van der Waals surface area contributed by atoms with Crippen molar-refractivity contribution in [1.29, 1.82) is 0 Å². The summed E-state index contributed by atoms with van der Waals surface area (Å²) in [4.78, 5) is 0. The molecule has 0 N–H and O–H groups in total. The van der Waals surface area contributed by atoms with Crippen LogP contribution in [0.4, 0.5) is 0 Å². The second-order valence-corrected chi connectivity index (χ2v) is 6.14. The normalized spacial score (nSPS) is 31.7. The molecular weight excluding hydrogens is 196 g/mol. The van der Waals surface area contributed by atoms with Crippen LogP contribution in [0.15, 0.2) is 0 Å². The highest BCUT2D eigenvalue weighted by Gasteiger charge is 2.48. The standard InChI is InChI=1S/C12H23ClO/c1-6-7-10(13)9-8-11(2,3)14-12(9,4)5/h9-10H,6-8H2,1-5H3. The van der Waals surface area contributed by atoms with Gasteiger partial charge in [-0.1, -0.05) is 13.3 Å². The van der Waals surface area contributed by atoms with Gasteiger partial charge in [-0.2, -0.15) is 0 Å². The molecular formula is C12H23ClO. The van der Waals surface area contributed by atoms with Crippen molar-refractivity contribution in [2.24, 2.45) is 5.92 Å². The first-order chi connectivity index (χ1) is 6.28. The van der Waals surface area contributed by atoms with Crippen molar-refractivity contribution in [1.82, 2.24) is 0 Å². The molecule has 84 valence electrons. The van der Waals surface area contributed by atoms with Gasteiger partial charge in [0.25, 0.3) is 0 Å². The number of rotatable bonds is 3. The maximum Gasteiger partial charge on any atom is 0.0676 e. The first-order valence-corrected chi connectivity index (χ1v) is 6.06. The minimum absolute atomic E-state index is 0.00491. The molecule has 0 aromatic carbocycles. The highest BCUT2D eigenvalue weighted by Crippen LogP contribution is 2.45. The third-order valence-electron chi connectivity index (χ3n) is 3.14. The van der Waals surface area contributed by atoms with Gasteiger partial charge < -0.3 is 4.74 Å². The van der Waals surface area contributed by atoms with Gasteiger partial charge in [0.05, 0.1) is 11.2 Å². The molecule has 0 radical (unpaired) electrons. The largest absolute Gasteiger partial charge is 0.369 e. The fourth-order valence-electron chi connectivity index (χ4n) is 2.65. The van der Waals surface area contributed by atoms with Crippen LogP contribution in [0.3, 0.4) is 0 Å². The number of hydrogen-bond acceptors (Lipinski definition) is 1. The van der Waals surface area contributed by atoms with Gasteiger partial charge >= 0.3 is 0 Å². The molecule has 0 aromatic rings. The van der Waals surface area contributed by atoms with Crippen LogP contribution in [0.1, 0.15) is 53.9 Å². The molecule has 0 bridgehead atoms. The lowest BCUT2D eigenvalue weighted by atomic mass is 9.83. The number of halogens is 1. The second kappa shape index (κ2) is 4.02. The summed E-state index contributed by atoms with van der Waals surface area (Å²) in [6.07, 6.45) is 3.32. The predicted octanol–water partition coefficient (Wildman–Crippen LogP) is 3.99. The molecule has 1 saturated heterocycles. The third kappa shape index (κ3) is 2.64. The summed E-state index contributed by atoms with van der Waals surface area (Å²) in [5.74, 6) is 0.485. The van der Waals surface area contributed by atoms with Crippen LogP contribution in [-0.4, -0.2) is 16.6 Å². The monoisotopic (exact) mass is 218 g/mol. The van der Waals surface area contributed by atoms with E-state index in [1.165, 1.54) is 0 Å². The lowest BCUT2D eigenvalue weighted by molar-refractivity contribution is -0.0749. The summed E-state index contributed by atoms with van der Waals surface area (Å²) in [5.41, 5.74) is -0.0693. The molecule has 2 unspecified atom stereocenters. The zero-order valence-electron chi connectivity index (χ0n) is 10.1. The van der Waals surface area contributed by atoms with Crippen LogP contribution >= 0.6 is 11.6 Å². The van der Waals surface area contributed by atoms with Crippen LogP contribution in [0.2, 0.25) is 0 Å². The van der Waals surface area contributed by atoms with E-state index >= 15 is 0 Å². The molecule has 2 atom stereocenters. The molecule has 0 saturated carbocycles. The second-order valence-electron chi connectivity index (χ2n) is 5.58. The topological polar surface area (TPSA) is 9.23 Å². The van der Waals surface area contributed by atoms with Crippen LogP contribution < -0.4 is 0 Å². The minimum Gasteiger partial charge on any atom is -0.369 e. The molecule has 0 aliphatic carbocycles. The first-order valence-electron chi connectivity index (χ1n) is 5.63. The molecule has 1 nitrogen and oxygen atoms in total. The summed E-state index contributed by atoms with van der Waals surface area (Å²) in [7, 11) is 0. The molecule has 2 heteroatoms. The van der Waals surface area contributed by atoms with E-state index in [9.17, 15) is 0 Å². The van der Waals surface area contributed by atoms with Gasteiger partial charge in [0.2, 0.25) is 0 Å². The van der Waals surface area contributed by atoms with Crippen molar-refractivity contribution >= 4 is 11.6 Å². The molecule has 1 fully saturated rings. The lowest BCUT2D eigenvalue weighted by Gasteiger charge is -2.29. The number of alkyl halides is 1. The Hall–Kier alpha value is 0.250. The molecule has 1 aliphatic rings. The van der Waals surface area contributed by atoms with E-state index in [-0.39, 0.29) is 16.6 Å². The fourth-order valence-corrected chi connectivity index (χ4v) is 3.26. The Labute approximate surface area is 93.2 Å².